The van der Waals surface area contributed by atoms with E-state index in [4.69, 9.17) is 16.3 Å². The smallest absolute Gasteiger partial charge is 0.259 e. The number of imide groups is 1. The number of halogens is 1. The Labute approximate surface area is 295 Å². The highest BCUT2D eigenvalue weighted by Crippen LogP contribution is 2.40. The minimum Gasteiger partial charge on any atom is -0.457 e. The molecular weight excluding hydrogens is 654 g/mol. The molecule has 0 bridgehead atoms. The molecule has 1 fully saturated rings. The molecule has 4 aromatic rings. The van der Waals surface area contributed by atoms with Crippen molar-refractivity contribution in [3.8, 4) is 11.5 Å². The fourth-order valence-corrected chi connectivity index (χ4v) is 6.66. The number of benzene rings is 3. The molecule has 50 heavy (non-hydrogen) atoms. The Morgan fingerprint density at radius 3 is 2.42 bits per heavy atom. The topological polar surface area (TPSA) is 123 Å². The first-order chi connectivity index (χ1) is 23.8. The molecule has 1 unspecified atom stereocenters. The second-order valence-corrected chi connectivity index (χ2v) is 13.8. The quantitative estimate of drug-likeness (QED) is 0.135. The van der Waals surface area contributed by atoms with Crippen LogP contribution in [0.4, 0.5) is 0 Å². The van der Waals surface area contributed by atoms with E-state index in [1.165, 1.54) is 11.1 Å². The molecule has 0 radical (unpaired) electrons. The largest absolute Gasteiger partial charge is 0.457 e. The molecule has 1 atom stereocenters. The number of hydrogen-bond donors (Lipinski definition) is 1. The first-order valence-electron chi connectivity index (χ1n) is 16.3. The van der Waals surface area contributed by atoms with Crippen molar-refractivity contribution in [2.45, 2.75) is 58.9 Å². The van der Waals surface area contributed by atoms with Crippen LogP contribution in [0.15, 0.2) is 85.6 Å². The third-order valence-corrected chi connectivity index (χ3v) is 9.52. The van der Waals surface area contributed by atoms with Crippen LogP contribution in [0.2, 0.25) is 5.02 Å². The van der Waals surface area contributed by atoms with Crippen molar-refractivity contribution in [3.05, 3.63) is 130 Å². The van der Waals surface area contributed by atoms with Crippen molar-refractivity contribution in [2.75, 3.05) is 0 Å². The van der Waals surface area contributed by atoms with Gasteiger partial charge >= 0.3 is 0 Å². The molecule has 2 aliphatic heterocycles. The summed E-state index contributed by atoms with van der Waals surface area (Å²) in [5.41, 5.74) is 4.11. The predicted octanol–water partition coefficient (Wildman–Crippen LogP) is 6.87. The van der Waals surface area contributed by atoms with E-state index in [0.29, 0.717) is 39.8 Å². The van der Waals surface area contributed by atoms with Crippen LogP contribution < -0.4 is 10.1 Å². The molecule has 254 valence electrons. The second kappa shape index (κ2) is 13.8. The van der Waals surface area contributed by atoms with Gasteiger partial charge in [-0.05, 0) is 72.4 Å². The number of aromatic nitrogens is 1. The van der Waals surface area contributed by atoms with Gasteiger partial charge in [-0.1, -0.05) is 68.4 Å². The van der Waals surface area contributed by atoms with Crippen molar-refractivity contribution < 1.29 is 28.7 Å². The van der Waals surface area contributed by atoms with Crippen LogP contribution in [0.25, 0.3) is 5.70 Å². The molecule has 1 saturated heterocycles. The molecule has 3 amide bonds. The number of rotatable bonds is 11. The number of carbonyl (C=O) groups excluding carboxylic acids is 5. The summed E-state index contributed by atoms with van der Waals surface area (Å²) in [5, 5.41) is 2.98. The van der Waals surface area contributed by atoms with Crippen molar-refractivity contribution in [2.24, 2.45) is 5.41 Å². The molecule has 1 aromatic heterocycles. The van der Waals surface area contributed by atoms with E-state index >= 15 is 0 Å². The molecular formula is C40H36ClN3O6. The molecule has 3 heterocycles. The van der Waals surface area contributed by atoms with Gasteiger partial charge < -0.3 is 4.74 Å². The minimum atomic E-state index is -0.939. The van der Waals surface area contributed by atoms with Gasteiger partial charge in [0.1, 0.15) is 29.0 Å². The van der Waals surface area contributed by atoms with Crippen molar-refractivity contribution in [3.63, 3.8) is 0 Å². The number of fused-ring (bicyclic) bond motifs is 1. The highest BCUT2D eigenvalue weighted by Gasteiger charge is 2.43. The summed E-state index contributed by atoms with van der Waals surface area (Å²) in [5.74, 6) is -0.411. The zero-order valence-electron chi connectivity index (χ0n) is 28.0. The Morgan fingerprint density at radius 2 is 1.70 bits per heavy atom. The van der Waals surface area contributed by atoms with Gasteiger partial charge in [-0.2, -0.15) is 0 Å². The first-order valence-corrected chi connectivity index (χ1v) is 16.7. The van der Waals surface area contributed by atoms with E-state index in [-0.39, 0.29) is 54.8 Å². The normalized spacial score (nSPS) is 15.9. The van der Waals surface area contributed by atoms with E-state index in [1.807, 2.05) is 51.1 Å². The number of piperidine rings is 1. The summed E-state index contributed by atoms with van der Waals surface area (Å²) >= 11 is 6.10. The lowest BCUT2D eigenvalue weighted by atomic mass is 9.78. The number of ketones is 2. The van der Waals surface area contributed by atoms with Crippen LogP contribution in [-0.2, 0) is 33.6 Å². The molecule has 0 saturated carbocycles. The lowest BCUT2D eigenvalue weighted by Crippen LogP contribution is -2.52. The van der Waals surface area contributed by atoms with Gasteiger partial charge in [-0.25, -0.2) is 0 Å². The maximum absolute atomic E-state index is 13.9. The van der Waals surface area contributed by atoms with Gasteiger partial charge in [0.2, 0.25) is 11.8 Å². The Balaban J connectivity index is 1.12. The summed E-state index contributed by atoms with van der Waals surface area (Å²) in [6.45, 7) is 9.69. The molecule has 3 aromatic carbocycles. The van der Waals surface area contributed by atoms with Gasteiger partial charge in [-0.3, -0.25) is 39.2 Å². The summed E-state index contributed by atoms with van der Waals surface area (Å²) in [6.07, 6.45) is 2.73. The Hall–Kier alpha value is -5.41. The number of carbonyl (C=O) groups is 5. The minimum absolute atomic E-state index is 0.0864. The van der Waals surface area contributed by atoms with E-state index in [2.05, 4.69) is 16.9 Å². The number of nitrogens with one attached hydrogen (secondary N) is 1. The number of nitrogens with zero attached hydrogens (tertiary/aromatic N) is 2. The van der Waals surface area contributed by atoms with Crippen LogP contribution >= 0.6 is 11.6 Å². The van der Waals surface area contributed by atoms with E-state index in [0.717, 1.165) is 22.3 Å². The Bertz CT molecular complexity index is 2070. The molecule has 9 nitrogen and oxygen atoms in total. The van der Waals surface area contributed by atoms with Crippen molar-refractivity contribution in [1.29, 1.82) is 0 Å². The predicted molar refractivity (Wildman–Crippen MR) is 189 cm³/mol. The summed E-state index contributed by atoms with van der Waals surface area (Å²) in [6, 6.07) is 20.6. The van der Waals surface area contributed by atoms with Crippen LogP contribution in [0.3, 0.4) is 0 Å². The number of aryl methyl sites for hydroxylation is 1. The zero-order valence-corrected chi connectivity index (χ0v) is 28.8. The monoisotopic (exact) mass is 689 g/mol. The van der Waals surface area contributed by atoms with Gasteiger partial charge in [0.05, 0.1) is 0 Å². The van der Waals surface area contributed by atoms with E-state index < -0.39 is 17.4 Å². The standard InChI is InChI=1S/C40H36ClN3O6/c1-23-18-26(10-13-32(23)41)20-28(45)19-25-8-11-29(12-9-25)50-30-16-17-42-33(21-30)37(47)40(3,4)22-27-6-5-7-31-36(27)24(2)44(39(31)49)34-14-15-35(46)43-38(34)48/h5-13,16-18,21,34H,2,14-15,19-20,22H2,1,3-4H3,(H,43,46,48). The lowest BCUT2D eigenvalue weighted by Gasteiger charge is -2.30. The number of amides is 3. The maximum atomic E-state index is 13.9. The number of hydrogen-bond acceptors (Lipinski definition) is 7. The highest BCUT2D eigenvalue weighted by atomic mass is 35.5. The van der Waals surface area contributed by atoms with Gasteiger partial charge in [0.15, 0.2) is 5.78 Å². The zero-order chi connectivity index (χ0) is 35.7. The second-order valence-electron chi connectivity index (χ2n) is 13.4. The maximum Gasteiger partial charge on any atom is 0.259 e. The van der Waals surface area contributed by atoms with Gasteiger partial charge in [0.25, 0.3) is 5.91 Å². The Morgan fingerprint density at radius 1 is 0.980 bits per heavy atom. The number of ether oxygens (including phenoxy) is 1. The van der Waals surface area contributed by atoms with Crippen LogP contribution in [0.5, 0.6) is 11.5 Å². The summed E-state index contributed by atoms with van der Waals surface area (Å²) in [7, 11) is 0. The fraction of sp³-hybridized carbons (Fsp3) is 0.250. The molecule has 10 heteroatoms. The molecule has 6 rings (SSSR count). The van der Waals surface area contributed by atoms with Crippen LogP contribution in [-0.4, -0.2) is 45.2 Å². The fourth-order valence-electron chi connectivity index (χ4n) is 6.55. The molecule has 0 spiro atoms. The van der Waals surface area contributed by atoms with Crippen molar-refractivity contribution >= 4 is 46.6 Å². The number of pyridine rings is 1. The van der Waals surface area contributed by atoms with E-state index in [1.54, 1.807) is 42.5 Å². The SMILES string of the molecule is C=C1c2c(CC(C)(C)C(=O)c3cc(Oc4ccc(CC(=O)Cc5ccc(Cl)c(C)c5)cc4)ccn3)cccc2C(=O)N1C1CCC(=O)NC1=O. The molecule has 0 aliphatic carbocycles. The third-order valence-electron chi connectivity index (χ3n) is 9.10. The van der Waals surface area contributed by atoms with E-state index in [9.17, 15) is 24.0 Å². The summed E-state index contributed by atoms with van der Waals surface area (Å²) < 4.78 is 6.05. The highest BCUT2D eigenvalue weighted by molar-refractivity contribution is 6.31. The lowest BCUT2D eigenvalue weighted by molar-refractivity contribution is -0.136. The average molecular weight is 690 g/mol. The third kappa shape index (κ3) is 7.14. The Kier molecular flexibility index (Phi) is 9.54. The molecule has 1 N–H and O–H groups in total. The number of Topliss-reactive ketones (excluding diaryl/α,β-unsaturated/α-hetero) is 2. The van der Waals surface area contributed by atoms with Crippen LogP contribution in [0.1, 0.15) is 75.4 Å². The van der Waals surface area contributed by atoms with Gasteiger partial charge in [0, 0.05) is 58.8 Å². The average Bonchev–Trinajstić information content (AvgIpc) is 3.33. The van der Waals surface area contributed by atoms with Crippen LogP contribution in [0, 0.1) is 12.3 Å². The van der Waals surface area contributed by atoms with Gasteiger partial charge in [-0.15, -0.1) is 0 Å². The molecule has 2 aliphatic rings. The van der Waals surface area contributed by atoms with Crippen molar-refractivity contribution in [1.82, 2.24) is 15.2 Å². The first kappa shape index (κ1) is 34.5. The summed E-state index contributed by atoms with van der Waals surface area (Å²) in [4.78, 5) is 70.0.